The summed E-state index contributed by atoms with van der Waals surface area (Å²) in [7, 11) is 4.81. The lowest BCUT2D eigenvalue weighted by atomic mass is 9.70. The Balaban J connectivity index is 1.37. The van der Waals surface area contributed by atoms with Gasteiger partial charge in [0, 0.05) is 0 Å². The average molecular weight is 479 g/mol. The summed E-state index contributed by atoms with van der Waals surface area (Å²) >= 11 is 0. The normalized spacial score (nSPS) is 25.9. The van der Waals surface area contributed by atoms with E-state index in [2.05, 4.69) is 41.8 Å². The van der Waals surface area contributed by atoms with Gasteiger partial charge in [0.05, 0.1) is 33.4 Å². The number of rotatable bonds is 21. The number of ether oxygens (including phenoxy) is 1. The summed E-state index contributed by atoms with van der Waals surface area (Å²) in [4.78, 5) is 0. The number of nitrogens with zero attached hydrogens (tertiary/aromatic N) is 1. The Morgan fingerprint density at radius 2 is 1.15 bits per heavy atom. The van der Waals surface area contributed by atoms with Crippen molar-refractivity contribution in [2.24, 2.45) is 16.7 Å². The molecule has 0 N–H and O–H groups in total. The van der Waals surface area contributed by atoms with Crippen LogP contribution in [0, 0.1) is 16.7 Å². The van der Waals surface area contributed by atoms with E-state index in [1.807, 2.05) is 0 Å². The van der Waals surface area contributed by atoms with Crippen molar-refractivity contribution in [3.8, 4) is 0 Å². The second-order valence-electron chi connectivity index (χ2n) is 13.7. The van der Waals surface area contributed by atoms with Crippen molar-refractivity contribution in [2.75, 3.05) is 33.8 Å². The Hall–Kier alpha value is -0.0800. The maximum absolute atomic E-state index is 6.53. The summed E-state index contributed by atoms with van der Waals surface area (Å²) in [6.45, 7) is 13.2. The molecule has 0 amide bonds. The standard InChI is InChI=1S/C32H64NO/c1-7-8-9-10-11-12-13-14-15-16-17-18-19-20-21-22-25-33(5,6)26-27-34-30-28-29-23-24-32(30,4)31(29,2)3/h29-30H,7-28H2,1-6H3/q+1. The molecule has 2 rings (SSSR count). The molecule has 2 heteroatoms. The molecule has 2 nitrogen and oxygen atoms in total. The van der Waals surface area contributed by atoms with E-state index in [1.165, 1.54) is 129 Å². The zero-order chi connectivity index (χ0) is 24.9. The van der Waals surface area contributed by atoms with Crippen LogP contribution in [0.4, 0.5) is 0 Å². The third-order valence-corrected chi connectivity index (χ3v) is 10.3. The Kier molecular flexibility index (Phi) is 13.5. The van der Waals surface area contributed by atoms with Crippen LogP contribution in [0.25, 0.3) is 0 Å². The van der Waals surface area contributed by atoms with Crippen molar-refractivity contribution in [1.29, 1.82) is 0 Å². The molecule has 0 aromatic carbocycles. The first-order valence-corrected chi connectivity index (χ1v) is 15.7. The van der Waals surface area contributed by atoms with E-state index < -0.39 is 0 Å². The van der Waals surface area contributed by atoms with Gasteiger partial charge in [0.25, 0.3) is 0 Å². The van der Waals surface area contributed by atoms with Crippen molar-refractivity contribution < 1.29 is 9.22 Å². The zero-order valence-corrected chi connectivity index (χ0v) is 24.6. The second kappa shape index (κ2) is 15.2. The topological polar surface area (TPSA) is 9.23 Å². The Bertz CT molecular complexity index is 527. The van der Waals surface area contributed by atoms with Crippen LogP contribution in [0.5, 0.6) is 0 Å². The van der Waals surface area contributed by atoms with E-state index in [4.69, 9.17) is 4.74 Å². The predicted octanol–water partition coefficient (Wildman–Crippen LogP) is 9.56. The van der Waals surface area contributed by atoms with Gasteiger partial charge in [-0.15, -0.1) is 0 Å². The molecular formula is C32H64NO+. The smallest absolute Gasteiger partial charge is 0.102 e. The SMILES string of the molecule is CCCCCCCCCCCCCCCCCC[N+](C)(C)CCOC1CC2CCC1(C)C2(C)C. The van der Waals surface area contributed by atoms with Gasteiger partial charge in [-0.25, -0.2) is 0 Å². The van der Waals surface area contributed by atoms with Crippen LogP contribution < -0.4 is 0 Å². The number of hydrogen-bond donors (Lipinski definition) is 0. The quantitative estimate of drug-likeness (QED) is 0.118. The third-order valence-electron chi connectivity index (χ3n) is 10.3. The summed E-state index contributed by atoms with van der Waals surface area (Å²) in [5, 5.41) is 0. The molecule has 2 aliphatic carbocycles. The van der Waals surface area contributed by atoms with Crippen molar-refractivity contribution in [2.45, 2.75) is 156 Å². The van der Waals surface area contributed by atoms with Gasteiger partial charge in [-0.3, -0.25) is 0 Å². The molecule has 0 heterocycles. The summed E-state index contributed by atoms with van der Waals surface area (Å²) in [6.07, 6.45) is 27.8. The van der Waals surface area contributed by atoms with Crippen molar-refractivity contribution in [3.63, 3.8) is 0 Å². The maximum atomic E-state index is 6.53. The van der Waals surface area contributed by atoms with E-state index in [9.17, 15) is 0 Å². The highest BCUT2D eigenvalue weighted by Gasteiger charge is 2.61. The van der Waals surface area contributed by atoms with Crippen LogP contribution in [0.2, 0.25) is 0 Å². The molecule has 3 atom stereocenters. The highest BCUT2D eigenvalue weighted by atomic mass is 16.5. The van der Waals surface area contributed by atoms with Crippen molar-refractivity contribution in [1.82, 2.24) is 0 Å². The Morgan fingerprint density at radius 3 is 1.56 bits per heavy atom. The van der Waals surface area contributed by atoms with Crippen LogP contribution in [0.3, 0.4) is 0 Å². The lowest BCUT2D eigenvalue weighted by Gasteiger charge is -2.39. The van der Waals surface area contributed by atoms with E-state index in [0.29, 0.717) is 16.9 Å². The van der Waals surface area contributed by atoms with E-state index >= 15 is 0 Å². The van der Waals surface area contributed by atoms with E-state index in [0.717, 1.165) is 23.6 Å². The number of unbranched alkanes of at least 4 members (excludes halogenated alkanes) is 15. The first kappa shape index (κ1) is 30.1. The van der Waals surface area contributed by atoms with Gasteiger partial charge in [-0.2, -0.15) is 0 Å². The average Bonchev–Trinajstić information content (AvgIpc) is 3.12. The molecule has 2 fully saturated rings. The minimum Gasteiger partial charge on any atom is -0.372 e. The predicted molar refractivity (Wildman–Crippen MR) is 150 cm³/mol. The summed E-state index contributed by atoms with van der Waals surface area (Å²) < 4.78 is 7.65. The number of quaternary nitrogens is 1. The first-order valence-electron chi connectivity index (χ1n) is 15.7. The van der Waals surface area contributed by atoms with Gasteiger partial charge in [0.2, 0.25) is 0 Å². The third kappa shape index (κ3) is 9.42. The summed E-state index contributed by atoms with van der Waals surface area (Å²) in [5.74, 6) is 0.884. The molecule has 2 bridgehead atoms. The molecule has 0 radical (unpaired) electrons. The zero-order valence-electron chi connectivity index (χ0n) is 24.6. The molecule has 0 aromatic rings. The number of fused-ring (bicyclic) bond motifs is 2. The second-order valence-corrected chi connectivity index (χ2v) is 13.7. The van der Waals surface area contributed by atoms with E-state index in [1.54, 1.807) is 0 Å². The highest BCUT2D eigenvalue weighted by molar-refractivity contribution is 5.11. The van der Waals surface area contributed by atoms with Crippen LogP contribution in [-0.4, -0.2) is 44.4 Å². The van der Waals surface area contributed by atoms with Crippen LogP contribution >= 0.6 is 0 Å². The number of likely N-dealkylation sites (N-methyl/N-ethyl adjacent to an activating group) is 1. The molecule has 0 aliphatic heterocycles. The summed E-state index contributed by atoms with van der Waals surface area (Å²) in [5.41, 5.74) is 0.873. The van der Waals surface area contributed by atoms with Crippen LogP contribution in [-0.2, 0) is 4.74 Å². The molecule has 34 heavy (non-hydrogen) atoms. The van der Waals surface area contributed by atoms with E-state index in [-0.39, 0.29) is 0 Å². The fourth-order valence-electron chi connectivity index (χ4n) is 7.02. The Morgan fingerprint density at radius 1 is 0.676 bits per heavy atom. The molecule has 202 valence electrons. The minimum atomic E-state index is 0.405. The maximum Gasteiger partial charge on any atom is 0.102 e. The molecule has 0 aromatic heterocycles. The van der Waals surface area contributed by atoms with Crippen LogP contribution in [0.1, 0.15) is 150 Å². The molecule has 2 saturated carbocycles. The number of hydrogen-bond acceptors (Lipinski definition) is 1. The van der Waals surface area contributed by atoms with Gasteiger partial charge in [-0.05, 0) is 48.9 Å². The molecule has 0 spiro atoms. The highest BCUT2D eigenvalue weighted by Crippen LogP contribution is 2.66. The molecule has 0 saturated heterocycles. The fourth-order valence-corrected chi connectivity index (χ4v) is 7.02. The Labute approximate surface area is 215 Å². The van der Waals surface area contributed by atoms with Crippen molar-refractivity contribution in [3.05, 3.63) is 0 Å². The van der Waals surface area contributed by atoms with Gasteiger partial charge in [0.1, 0.15) is 6.54 Å². The molecular weight excluding hydrogens is 414 g/mol. The lowest BCUT2D eigenvalue weighted by Crippen LogP contribution is -2.44. The summed E-state index contributed by atoms with van der Waals surface area (Å²) in [6, 6.07) is 0. The first-order chi connectivity index (χ1) is 16.2. The van der Waals surface area contributed by atoms with Gasteiger partial charge >= 0.3 is 0 Å². The van der Waals surface area contributed by atoms with Gasteiger partial charge < -0.3 is 9.22 Å². The monoisotopic (exact) mass is 478 g/mol. The van der Waals surface area contributed by atoms with Crippen LogP contribution in [0.15, 0.2) is 0 Å². The lowest BCUT2D eigenvalue weighted by molar-refractivity contribution is -0.891. The van der Waals surface area contributed by atoms with Gasteiger partial charge in [-0.1, -0.05) is 118 Å². The van der Waals surface area contributed by atoms with Crippen molar-refractivity contribution >= 4 is 0 Å². The molecule has 3 unspecified atom stereocenters. The van der Waals surface area contributed by atoms with Gasteiger partial charge in [0.15, 0.2) is 0 Å². The fraction of sp³-hybridized carbons (Fsp3) is 1.00. The molecule has 2 aliphatic rings. The minimum absolute atomic E-state index is 0.405. The largest absolute Gasteiger partial charge is 0.372 e.